The highest BCUT2D eigenvalue weighted by atomic mass is 79.9. The minimum atomic E-state index is -0.201. The van der Waals surface area contributed by atoms with Crippen LogP contribution in [0.2, 0.25) is 5.15 Å². The highest BCUT2D eigenvalue weighted by Crippen LogP contribution is 2.21. The number of nitrogens with one attached hydrogen (secondary N) is 1. The predicted octanol–water partition coefficient (Wildman–Crippen LogP) is 4.29. The van der Waals surface area contributed by atoms with Gasteiger partial charge in [-0.2, -0.15) is 10.2 Å². The largest absolute Gasteiger partial charge is 0.273 e. The molecule has 7 heteroatoms. The van der Waals surface area contributed by atoms with E-state index in [1.54, 1.807) is 4.68 Å². The Morgan fingerprint density at radius 1 is 1.23 bits per heavy atom. The van der Waals surface area contributed by atoms with Crippen LogP contribution in [0, 0.1) is 6.92 Å². The molecule has 5 nitrogen and oxygen atoms in total. The molecule has 3 rings (SSSR count). The van der Waals surface area contributed by atoms with Crippen LogP contribution in [-0.4, -0.2) is 21.9 Å². The molecule has 0 fully saturated rings. The van der Waals surface area contributed by atoms with Crippen molar-refractivity contribution in [2.75, 3.05) is 0 Å². The summed E-state index contributed by atoms with van der Waals surface area (Å²) in [5.74, 6) is -0.201. The number of carbonyl (C=O) groups is 1. The smallest absolute Gasteiger partial charge is 0.244 e. The number of para-hydroxylation sites is 1. The van der Waals surface area contributed by atoms with Crippen molar-refractivity contribution in [3.8, 4) is 5.69 Å². The van der Waals surface area contributed by atoms with Crippen LogP contribution in [0.1, 0.15) is 16.8 Å². The van der Waals surface area contributed by atoms with Gasteiger partial charge in [-0.25, -0.2) is 10.1 Å². The Balaban J connectivity index is 1.68. The van der Waals surface area contributed by atoms with E-state index in [1.807, 2.05) is 61.5 Å². The van der Waals surface area contributed by atoms with Gasteiger partial charge in [-0.1, -0.05) is 57.9 Å². The zero-order valence-corrected chi connectivity index (χ0v) is 16.3. The summed E-state index contributed by atoms with van der Waals surface area (Å²) in [5.41, 5.74) is 5.68. The normalized spacial score (nSPS) is 11.0. The average Bonchev–Trinajstić information content (AvgIpc) is 2.92. The van der Waals surface area contributed by atoms with Gasteiger partial charge >= 0.3 is 0 Å². The van der Waals surface area contributed by atoms with Crippen LogP contribution >= 0.6 is 27.5 Å². The Bertz CT molecular complexity index is 936. The van der Waals surface area contributed by atoms with E-state index in [4.69, 9.17) is 11.6 Å². The summed E-state index contributed by atoms with van der Waals surface area (Å²) in [4.78, 5) is 12.0. The molecule has 0 atom stereocenters. The minimum absolute atomic E-state index is 0.201. The van der Waals surface area contributed by atoms with Crippen LogP contribution in [0.25, 0.3) is 5.69 Å². The van der Waals surface area contributed by atoms with E-state index in [9.17, 15) is 4.79 Å². The van der Waals surface area contributed by atoms with Crippen LogP contribution in [0.15, 0.2) is 64.2 Å². The van der Waals surface area contributed by atoms with Crippen LogP contribution in [0.5, 0.6) is 0 Å². The van der Waals surface area contributed by atoms with Gasteiger partial charge in [0.2, 0.25) is 5.91 Å². The highest BCUT2D eigenvalue weighted by molar-refractivity contribution is 9.10. The molecule has 1 aromatic heterocycles. The van der Waals surface area contributed by atoms with Crippen LogP contribution in [0.4, 0.5) is 0 Å². The first-order chi connectivity index (χ1) is 12.5. The molecular formula is C19H16BrClN4O. The Morgan fingerprint density at radius 2 is 1.92 bits per heavy atom. The maximum Gasteiger partial charge on any atom is 0.244 e. The topological polar surface area (TPSA) is 59.3 Å². The van der Waals surface area contributed by atoms with Gasteiger partial charge in [-0.3, -0.25) is 4.79 Å². The predicted molar refractivity (Wildman–Crippen MR) is 107 cm³/mol. The van der Waals surface area contributed by atoms with Crippen molar-refractivity contribution in [3.63, 3.8) is 0 Å². The lowest BCUT2D eigenvalue weighted by molar-refractivity contribution is -0.120. The van der Waals surface area contributed by atoms with E-state index in [1.165, 1.54) is 6.21 Å². The number of hydrogen-bond donors (Lipinski definition) is 1. The van der Waals surface area contributed by atoms with E-state index >= 15 is 0 Å². The Hall–Kier alpha value is -2.44. The molecule has 26 heavy (non-hydrogen) atoms. The summed E-state index contributed by atoms with van der Waals surface area (Å²) in [7, 11) is 0. The number of aromatic nitrogens is 2. The zero-order chi connectivity index (χ0) is 18.5. The van der Waals surface area contributed by atoms with Crippen LogP contribution in [0.3, 0.4) is 0 Å². The van der Waals surface area contributed by atoms with Gasteiger partial charge in [0.15, 0.2) is 0 Å². The molecule has 0 saturated heterocycles. The molecule has 0 spiro atoms. The fourth-order valence-electron chi connectivity index (χ4n) is 2.39. The number of nitrogens with zero attached hydrogens (tertiary/aromatic N) is 3. The number of halogens is 2. The summed E-state index contributed by atoms with van der Waals surface area (Å²) in [6.45, 7) is 1.84. The lowest BCUT2D eigenvalue weighted by atomic mass is 10.1. The molecule has 0 aliphatic heterocycles. The van der Waals surface area contributed by atoms with Gasteiger partial charge in [0.05, 0.1) is 29.6 Å². The summed E-state index contributed by atoms with van der Waals surface area (Å²) in [6, 6.07) is 17.2. The van der Waals surface area contributed by atoms with Crippen molar-refractivity contribution in [2.45, 2.75) is 13.3 Å². The molecular weight excluding hydrogens is 416 g/mol. The summed E-state index contributed by atoms with van der Waals surface area (Å²) >= 11 is 9.78. The quantitative estimate of drug-likeness (QED) is 0.484. The molecule has 0 saturated carbocycles. The van der Waals surface area contributed by atoms with E-state index in [-0.39, 0.29) is 12.3 Å². The molecule has 132 valence electrons. The lowest BCUT2D eigenvalue weighted by Crippen LogP contribution is -2.19. The number of hydrazone groups is 1. The molecule has 2 aromatic carbocycles. The van der Waals surface area contributed by atoms with Gasteiger partial charge in [0, 0.05) is 4.47 Å². The Morgan fingerprint density at radius 3 is 2.62 bits per heavy atom. The molecule has 1 N–H and O–H groups in total. The highest BCUT2D eigenvalue weighted by Gasteiger charge is 2.13. The molecule has 0 aliphatic carbocycles. The first-order valence-corrected chi connectivity index (χ1v) is 9.08. The third-order valence-corrected chi connectivity index (χ3v) is 4.60. The monoisotopic (exact) mass is 430 g/mol. The first kappa shape index (κ1) is 18.4. The van der Waals surface area contributed by atoms with Crippen LogP contribution < -0.4 is 5.43 Å². The number of hydrogen-bond acceptors (Lipinski definition) is 3. The van der Waals surface area contributed by atoms with Gasteiger partial charge in [-0.05, 0) is 36.8 Å². The molecule has 0 unspecified atom stereocenters. The maximum atomic E-state index is 12.0. The van der Waals surface area contributed by atoms with Crippen molar-refractivity contribution in [3.05, 3.63) is 81.0 Å². The fraction of sp³-hybridized carbons (Fsp3) is 0.105. The van der Waals surface area contributed by atoms with Crippen molar-refractivity contribution in [1.29, 1.82) is 0 Å². The third kappa shape index (κ3) is 4.39. The standard InChI is InChI=1S/C19H16BrClN4O/c1-13-17(19(21)25(24-13)16-5-3-2-4-6-16)12-22-23-18(26)11-14-7-9-15(20)10-8-14/h2-10,12H,11H2,1H3,(H,23,26)/b22-12+. The van der Waals surface area contributed by atoms with Crippen molar-refractivity contribution >= 4 is 39.7 Å². The van der Waals surface area contributed by atoms with E-state index in [0.29, 0.717) is 10.7 Å². The zero-order valence-electron chi connectivity index (χ0n) is 14.0. The number of carbonyl (C=O) groups excluding carboxylic acids is 1. The number of aryl methyl sites for hydroxylation is 1. The lowest BCUT2D eigenvalue weighted by Gasteiger charge is -2.02. The van der Waals surface area contributed by atoms with Gasteiger partial charge in [-0.15, -0.1) is 0 Å². The van der Waals surface area contributed by atoms with Crippen molar-refractivity contribution in [1.82, 2.24) is 15.2 Å². The van der Waals surface area contributed by atoms with Gasteiger partial charge in [0.1, 0.15) is 5.15 Å². The van der Waals surface area contributed by atoms with Gasteiger partial charge < -0.3 is 0 Å². The second-order valence-electron chi connectivity index (χ2n) is 5.63. The average molecular weight is 432 g/mol. The molecule has 0 bridgehead atoms. The molecule has 0 radical (unpaired) electrons. The number of amides is 1. The molecule has 1 amide bonds. The molecule has 1 heterocycles. The minimum Gasteiger partial charge on any atom is -0.273 e. The first-order valence-electron chi connectivity index (χ1n) is 7.91. The number of benzene rings is 2. The summed E-state index contributed by atoms with van der Waals surface area (Å²) in [5, 5.41) is 8.89. The third-order valence-electron chi connectivity index (χ3n) is 3.71. The maximum absolute atomic E-state index is 12.0. The molecule has 3 aromatic rings. The van der Waals surface area contributed by atoms with Crippen LogP contribution in [-0.2, 0) is 11.2 Å². The van der Waals surface area contributed by atoms with Crippen molar-refractivity contribution in [2.24, 2.45) is 5.10 Å². The Kier molecular flexibility index (Phi) is 5.85. The second-order valence-corrected chi connectivity index (χ2v) is 6.91. The van der Waals surface area contributed by atoms with Gasteiger partial charge in [0.25, 0.3) is 0 Å². The van der Waals surface area contributed by atoms with E-state index < -0.39 is 0 Å². The van der Waals surface area contributed by atoms with E-state index in [0.717, 1.165) is 21.4 Å². The second kappa shape index (κ2) is 8.29. The molecule has 0 aliphatic rings. The summed E-state index contributed by atoms with van der Waals surface area (Å²) in [6.07, 6.45) is 1.77. The summed E-state index contributed by atoms with van der Waals surface area (Å²) < 4.78 is 2.61. The fourth-order valence-corrected chi connectivity index (χ4v) is 2.98. The van der Waals surface area contributed by atoms with E-state index in [2.05, 4.69) is 31.6 Å². The Labute approximate surface area is 164 Å². The SMILES string of the molecule is Cc1nn(-c2ccccc2)c(Cl)c1/C=N/NC(=O)Cc1ccc(Br)cc1. The van der Waals surface area contributed by atoms with Crippen molar-refractivity contribution < 1.29 is 4.79 Å². The number of rotatable bonds is 5.